The number of nitrogens with two attached hydrogens (primary N) is 1. The predicted octanol–water partition coefficient (Wildman–Crippen LogP) is 0.0911. The largest absolute Gasteiger partial charge is 0.383 e. The number of carbonyl (C=O) groups excluding carboxylic acids is 1. The molecule has 0 rings (SSSR count). The highest BCUT2D eigenvalue weighted by molar-refractivity contribution is 5.81. The fraction of sp³-hybridized carbons (Fsp3) is 0.909. The molecule has 96 valence electrons. The number of nitrogens with zero attached hydrogens (tertiary/aromatic N) is 1. The SMILES string of the molecule is COCCN(CCOC)C(=O)[C@H](N)C(C)C. The van der Waals surface area contributed by atoms with Crippen molar-refractivity contribution in [1.82, 2.24) is 4.90 Å². The summed E-state index contributed by atoms with van der Waals surface area (Å²) < 4.78 is 9.93. The van der Waals surface area contributed by atoms with E-state index in [9.17, 15) is 4.79 Å². The van der Waals surface area contributed by atoms with Gasteiger partial charge < -0.3 is 20.1 Å². The molecule has 0 aliphatic heterocycles. The molecule has 2 N–H and O–H groups in total. The molecule has 5 heteroatoms. The second kappa shape index (κ2) is 8.50. The van der Waals surface area contributed by atoms with E-state index in [4.69, 9.17) is 15.2 Å². The number of hydrogen-bond acceptors (Lipinski definition) is 4. The third kappa shape index (κ3) is 5.44. The lowest BCUT2D eigenvalue weighted by Crippen LogP contribution is -2.48. The first-order chi connectivity index (χ1) is 7.54. The van der Waals surface area contributed by atoms with E-state index in [1.165, 1.54) is 0 Å². The second-order valence-corrected chi connectivity index (χ2v) is 4.08. The van der Waals surface area contributed by atoms with E-state index in [0.717, 1.165) is 0 Å². The van der Waals surface area contributed by atoms with Crippen LogP contribution in [0.2, 0.25) is 0 Å². The zero-order valence-corrected chi connectivity index (χ0v) is 10.7. The maximum absolute atomic E-state index is 12.0. The van der Waals surface area contributed by atoms with E-state index in [-0.39, 0.29) is 11.8 Å². The van der Waals surface area contributed by atoms with Crippen LogP contribution in [-0.2, 0) is 14.3 Å². The van der Waals surface area contributed by atoms with Gasteiger partial charge in [-0.15, -0.1) is 0 Å². The lowest BCUT2D eigenvalue weighted by Gasteiger charge is -2.26. The maximum Gasteiger partial charge on any atom is 0.239 e. The van der Waals surface area contributed by atoms with E-state index in [0.29, 0.717) is 26.3 Å². The molecule has 0 aromatic rings. The molecule has 0 aromatic carbocycles. The summed E-state index contributed by atoms with van der Waals surface area (Å²) in [6, 6.07) is -0.450. The predicted molar refractivity (Wildman–Crippen MR) is 63.1 cm³/mol. The summed E-state index contributed by atoms with van der Waals surface area (Å²) in [5, 5.41) is 0. The molecule has 0 fully saturated rings. The van der Waals surface area contributed by atoms with Gasteiger partial charge in [0.1, 0.15) is 0 Å². The zero-order chi connectivity index (χ0) is 12.6. The van der Waals surface area contributed by atoms with Gasteiger partial charge in [-0.25, -0.2) is 0 Å². The second-order valence-electron chi connectivity index (χ2n) is 4.08. The van der Waals surface area contributed by atoms with Crippen LogP contribution in [0, 0.1) is 5.92 Å². The average Bonchev–Trinajstić information content (AvgIpc) is 2.27. The van der Waals surface area contributed by atoms with Crippen molar-refractivity contribution in [2.45, 2.75) is 19.9 Å². The van der Waals surface area contributed by atoms with Gasteiger partial charge in [-0.1, -0.05) is 13.8 Å². The molecule has 0 aromatic heterocycles. The van der Waals surface area contributed by atoms with Crippen molar-refractivity contribution < 1.29 is 14.3 Å². The molecule has 16 heavy (non-hydrogen) atoms. The molecule has 5 nitrogen and oxygen atoms in total. The van der Waals surface area contributed by atoms with Crippen molar-refractivity contribution in [2.24, 2.45) is 11.7 Å². The Morgan fingerprint density at radius 3 is 1.94 bits per heavy atom. The van der Waals surface area contributed by atoms with Gasteiger partial charge in [0.15, 0.2) is 0 Å². The Morgan fingerprint density at radius 1 is 1.19 bits per heavy atom. The molecule has 1 amide bonds. The lowest BCUT2D eigenvalue weighted by atomic mass is 10.0. The standard InChI is InChI=1S/C11H24N2O3/c1-9(2)10(12)11(14)13(5-7-15-3)6-8-16-4/h9-10H,5-8,12H2,1-4H3/t10-/m1/s1. The summed E-state index contributed by atoms with van der Waals surface area (Å²) >= 11 is 0. The third-order valence-electron chi connectivity index (χ3n) is 2.45. The number of ether oxygens (including phenoxy) is 2. The van der Waals surface area contributed by atoms with Gasteiger partial charge in [0, 0.05) is 27.3 Å². The number of carbonyl (C=O) groups is 1. The van der Waals surface area contributed by atoms with E-state index in [1.54, 1.807) is 19.1 Å². The first kappa shape index (κ1) is 15.3. The topological polar surface area (TPSA) is 64.8 Å². The summed E-state index contributed by atoms with van der Waals surface area (Å²) in [5.74, 6) is 0.101. The minimum absolute atomic E-state index is 0.0379. The highest BCUT2D eigenvalue weighted by atomic mass is 16.5. The summed E-state index contributed by atoms with van der Waals surface area (Å²) in [6.07, 6.45) is 0. The van der Waals surface area contributed by atoms with Crippen molar-refractivity contribution in [2.75, 3.05) is 40.5 Å². The van der Waals surface area contributed by atoms with Crippen molar-refractivity contribution in [3.8, 4) is 0 Å². The van der Waals surface area contributed by atoms with Crippen LogP contribution in [-0.4, -0.2) is 57.4 Å². The molecule has 0 aliphatic rings. The van der Waals surface area contributed by atoms with Gasteiger partial charge in [-0.2, -0.15) is 0 Å². The molecule has 0 spiro atoms. The molecule has 0 unspecified atom stereocenters. The minimum Gasteiger partial charge on any atom is -0.383 e. The molecule has 0 saturated heterocycles. The van der Waals surface area contributed by atoms with Crippen molar-refractivity contribution in [3.63, 3.8) is 0 Å². The van der Waals surface area contributed by atoms with Crippen molar-refractivity contribution in [1.29, 1.82) is 0 Å². The van der Waals surface area contributed by atoms with E-state index < -0.39 is 6.04 Å². The minimum atomic E-state index is -0.450. The van der Waals surface area contributed by atoms with Crippen LogP contribution in [0.1, 0.15) is 13.8 Å². The Kier molecular flexibility index (Phi) is 8.15. The molecule has 0 radical (unpaired) electrons. The molecule has 1 atom stereocenters. The highest BCUT2D eigenvalue weighted by Gasteiger charge is 2.22. The summed E-state index contributed by atoms with van der Waals surface area (Å²) in [6.45, 7) is 6.01. The van der Waals surface area contributed by atoms with E-state index >= 15 is 0 Å². The Bertz CT molecular complexity index is 190. The van der Waals surface area contributed by atoms with Crippen LogP contribution in [0.4, 0.5) is 0 Å². The van der Waals surface area contributed by atoms with Gasteiger partial charge in [0.25, 0.3) is 0 Å². The van der Waals surface area contributed by atoms with Crippen LogP contribution in [0.5, 0.6) is 0 Å². The number of hydrogen-bond donors (Lipinski definition) is 1. The van der Waals surface area contributed by atoms with E-state index in [2.05, 4.69) is 0 Å². The Balaban J connectivity index is 4.29. The van der Waals surface area contributed by atoms with Gasteiger partial charge >= 0.3 is 0 Å². The van der Waals surface area contributed by atoms with Gasteiger partial charge in [-0.05, 0) is 5.92 Å². The van der Waals surface area contributed by atoms with Crippen LogP contribution < -0.4 is 5.73 Å². The Morgan fingerprint density at radius 2 is 1.62 bits per heavy atom. The maximum atomic E-state index is 12.0. The van der Waals surface area contributed by atoms with Crippen molar-refractivity contribution in [3.05, 3.63) is 0 Å². The smallest absolute Gasteiger partial charge is 0.239 e. The molecule has 0 saturated carbocycles. The highest BCUT2D eigenvalue weighted by Crippen LogP contribution is 2.03. The molecule has 0 heterocycles. The first-order valence-corrected chi connectivity index (χ1v) is 5.56. The van der Waals surface area contributed by atoms with Crippen LogP contribution in [0.15, 0.2) is 0 Å². The van der Waals surface area contributed by atoms with Gasteiger partial charge in [0.2, 0.25) is 5.91 Å². The van der Waals surface area contributed by atoms with Crippen LogP contribution in [0.25, 0.3) is 0 Å². The van der Waals surface area contributed by atoms with Crippen LogP contribution in [0.3, 0.4) is 0 Å². The van der Waals surface area contributed by atoms with Gasteiger partial charge in [0.05, 0.1) is 19.3 Å². The zero-order valence-electron chi connectivity index (χ0n) is 10.7. The molecule has 0 aliphatic carbocycles. The summed E-state index contributed by atoms with van der Waals surface area (Å²) in [4.78, 5) is 13.7. The Hall–Kier alpha value is -0.650. The lowest BCUT2D eigenvalue weighted by molar-refractivity contribution is -0.134. The summed E-state index contributed by atoms with van der Waals surface area (Å²) in [7, 11) is 3.22. The normalized spacial score (nSPS) is 12.9. The number of amides is 1. The number of rotatable bonds is 8. The number of methoxy groups -OCH3 is 2. The third-order valence-corrected chi connectivity index (χ3v) is 2.45. The Labute approximate surface area is 97.9 Å². The van der Waals surface area contributed by atoms with Crippen molar-refractivity contribution >= 4 is 5.91 Å². The average molecular weight is 232 g/mol. The summed E-state index contributed by atoms with van der Waals surface area (Å²) in [5.41, 5.74) is 5.83. The molecular weight excluding hydrogens is 208 g/mol. The van der Waals surface area contributed by atoms with Gasteiger partial charge in [-0.3, -0.25) is 4.79 Å². The molecule has 0 bridgehead atoms. The fourth-order valence-electron chi connectivity index (χ4n) is 1.23. The first-order valence-electron chi connectivity index (χ1n) is 5.56. The quantitative estimate of drug-likeness (QED) is 0.644. The molecular formula is C11H24N2O3. The fourth-order valence-corrected chi connectivity index (χ4v) is 1.23. The monoisotopic (exact) mass is 232 g/mol. The van der Waals surface area contributed by atoms with Crippen LogP contribution >= 0.6 is 0 Å². The van der Waals surface area contributed by atoms with E-state index in [1.807, 2.05) is 13.8 Å².